The third-order valence-electron chi connectivity index (χ3n) is 3.68. The number of amides is 2. The van der Waals surface area contributed by atoms with Gasteiger partial charge in [0.25, 0.3) is 11.8 Å². The van der Waals surface area contributed by atoms with Crippen LogP contribution in [0.1, 0.15) is 10.4 Å². The Bertz CT molecular complexity index is 854. The molecule has 0 saturated heterocycles. The first-order valence-electron chi connectivity index (χ1n) is 7.97. The van der Waals surface area contributed by atoms with Gasteiger partial charge in [0.15, 0.2) is 11.5 Å². The lowest BCUT2D eigenvalue weighted by atomic mass is 10.1. The molecular formula is C18H15F3N2O4. The molecule has 0 aliphatic carbocycles. The number of fused-ring (bicyclic) bond motifs is 1. The fourth-order valence-electron chi connectivity index (χ4n) is 2.43. The highest BCUT2D eigenvalue weighted by molar-refractivity contribution is 6.04. The monoisotopic (exact) mass is 380 g/mol. The van der Waals surface area contributed by atoms with E-state index in [1.54, 1.807) is 35.6 Å². The van der Waals surface area contributed by atoms with Crippen molar-refractivity contribution >= 4 is 17.5 Å². The summed E-state index contributed by atoms with van der Waals surface area (Å²) in [5, 5.41) is 4.28. The maximum Gasteiger partial charge on any atom is 0.405 e. The van der Waals surface area contributed by atoms with Crippen molar-refractivity contribution in [3.8, 4) is 11.5 Å². The lowest BCUT2D eigenvalue weighted by molar-refractivity contribution is -0.125. The molecule has 0 aromatic heterocycles. The predicted molar refractivity (Wildman–Crippen MR) is 89.8 cm³/mol. The normalized spacial score (nSPS) is 15.7. The van der Waals surface area contributed by atoms with Crippen LogP contribution in [0.15, 0.2) is 48.5 Å². The quantitative estimate of drug-likeness (QED) is 0.855. The van der Waals surface area contributed by atoms with Crippen LogP contribution in [0.25, 0.3) is 0 Å². The summed E-state index contributed by atoms with van der Waals surface area (Å²) >= 11 is 0. The van der Waals surface area contributed by atoms with E-state index in [1.165, 1.54) is 18.2 Å². The third kappa shape index (κ3) is 4.69. The van der Waals surface area contributed by atoms with Crippen molar-refractivity contribution in [1.82, 2.24) is 5.32 Å². The van der Waals surface area contributed by atoms with E-state index < -0.39 is 30.6 Å². The topological polar surface area (TPSA) is 76.7 Å². The summed E-state index contributed by atoms with van der Waals surface area (Å²) in [4.78, 5) is 24.5. The Morgan fingerprint density at radius 1 is 1.04 bits per heavy atom. The number of carbonyl (C=O) groups is 2. The van der Waals surface area contributed by atoms with Gasteiger partial charge in [0, 0.05) is 0 Å². The second-order valence-corrected chi connectivity index (χ2v) is 5.70. The average Bonchev–Trinajstić information content (AvgIpc) is 2.65. The molecular weight excluding hydrogens is 365 g/mol. The van der Waals surface area contributed by atoms with Crippen molar-refractivity contribution < 1.29 is 32.2 Å². The smallest absolute Gasteiger partial charge is 0.405 e. The van der Waals surface area contributed by atoms with Gasteiger partial charge in [-0.2, -0.15) is 13.2 Å². The molecule has 2 aromatic carbocycles. The highest BCUT2D eigenvalue weighted by Gasteiger charge is 2.30. The Kier molecular flexibility index (Phi) is 5.20. The summed E-state index contributed by atoms with van der Waals surface area (Å²) in [6.07, 6.45) is -5.50. The number of anilines is 1. The van der Waals surface area contributed by atoms with Gasteiger partial charge in [0.05, 0.1) is 11.3 Å². The molecule has 2 aromatic rings. The maximum atomic E-state index is 12.4. The molecule has 3 rings (SSSR count). The van der Waals surface area contributed by atoms with Crippen LogP contribution in [0.5, 0.6) is 11.5 Å². The van der Waals surface area contributed by atoms with Gasteiger partial charge in [-0.1, -0.05) is 24.3 Å². The van der Waals surface area contributed by atoms with Crippen molar-refractivity contribution in [3.05, 3.63) is 54.1 Å². The van der Waals surface area contributed by atoms with Crippen molar-refractivity contribution in [2.45, 2.75) is 12.3 Å². The van der Waals surface area contributed by atoms with E-state index >= 15 is 0 Å². The third-order valence-corrected chi connectivity index (χ3v) is 3.68. The van der Waals surface area contributed by atoms with Crippen molar-refractivity contribution in [2.24, 2.45) is 0 Å². The molecule has 9 heteroatoms. The first kappa shape index (κ1) is 18.6. The number of alkyl halides is 3. The van der Waals surface area contributed by atoms with Crippen LogP contribution >= 0.6 is 0 Å². The van der Waals surface area contributed by atoms with Gasteiger partial charge in [-0.05, 0) is 24.3 Å². The van der Waals surface area contributed by atoms with Crippen LogP contribution in [0.2, 0.25) is 0 Å². The van der Waals surface area contributed by atoms with E-state index in [-0.39, 0.29) is 17.9 Å². The fraction of sp³-hybridized carbons (Fsp3) is 0.222. The Morgan fingerprint density at radius 3 is 2.44 bits per heavy atom. The number of ether oxygens (including phenoxy) is 2. The summed E-state index contributed by atoms with van der Waals surface area (Å²) in [6, 6.07) is 12.6. The van der Waals surface area contributed by atoms with Crippen LogP contribution in [-0.2, 0) is 4.79 Å². The predicted octanol–water partition coefficient (Wildman–Crippen LogP) is 2.76. The number of benzene rings is 2. The number of rotatable bonds is 4. The number of halogens is 3. The molecule has 0 spiro atoms. The van der Waals surface area contributed by atoms with Crippen LogP contribution in [0.3, 0.4) is 0 Å². The molecule has 0 fully saturated rings. The van der Waals surface area contributed by atoms with Gasteiger partial charge in [-0.3, -0.25) is 9.59 Å². The SMILES string of the molecule is O=C(NCC(F)(F)F)c1ccccc1NC(=O)[C@H]1COc2ccccc2O1. The van der Waals surface area contributed by atoms with E-state index in [2.05, 4.69) is 5.32 Å². The van der Waals surface area contributed by atoms with Gasteiger partial charge < -0.3 is 20.1 Å². The van der Waals surface area contributed by atoms with E-state index in [0.29, 0.717) is 11.5 Å². The molecule has 2 N–H and O–H groups in total. The van der Waals surface area contributed by atoms with E-state index in [0.717, 1.165) is 0 Å². The van der Waals surface area contributed by atoms with Gasteiger partial charge in [-0.25, -0.2) is 0 Å². The molecule has 1 aliphatic rings. The number of hydrogen-bond acceptors (Lipinski definition) is 4. The summed E-state index contributed by atoms with van der Waals surface area (Å²) in [7, 11) is 0. The highest BCUT2D eigenvalue weighted by Crippen LogP contribution is 2.31. The molecule has 0 saturated carbocycles. The fourth-order valence-corrected chi connectivity index (χ4v) is 2.43. The lowest BCUT2D eigenvalue weighted by Gasteiger charge is -2.25. The second-order valence-electron chi connectivity index (χ2n) is 5.70. The summed E-state index contributed by atoms with van der Waals surface area (Å²) in [5.41, 5.74) is -0.0168. The largest absolute Gasteiger partial charge is 0.485 e. The molecule has 2 amide bonds. The maximum absolute atomic E-state index is 12.4. The Morgan fingerprint density at radius 2 is 1.70 bits per heavy atom. The second kappa shape index (κ2) is 7.56. The Labute approximate surface area is 152 Å². The summed E-state index contributed by atoms with van der Waals surface area (Å²) < 4.78 is 47.9. The highest BCUT2D eigenvalue weighted by atomic mass is 19.4. The molecule has 142 valence electrons. The molecule has 1 atom stereocenters. The van der Waals surface area contributed by atoms with Gasteiger partial charge >= 0.3 is 6.18 Å². The molecule has 0 radical (unpaired) electrons. The van der Waals surface area contributed by atoms with Gasteiger partial charge in [0.1, 0.15) is 13.2 Å². The van der Waals surface area contributed by atoms with E-state index in [4.69, 9.17) is 9.47 Å². The van der Waals surface area contributed by atoms with Crippen molar-refractivity contribution in [1.29, 1.82) is 0 Å². The standard InChI is InChI=1S/C18H15F3N2O4/c19-18(20,21)10-22-16(24)11-5-1-2-6-12(11)23-17(25)15-9-26-13-7-3-4-8-14(13)27-15/h1-8,15H,9-10H2,(H,22,24)(H,23,25)/t15-/m1/s1. The Balaban J connectivity index is 1.69. The summed E-state index contributed by atoms with van der Waals surface area (Å²) in [6.45, 7) is -1.50. The van der Waals surface area contributed by atoms with Crippen LogP contribution < -0.4 is 20.1 Å². The number of carbonyl (C=O) groups excluding carboxylic acids is 2. The molecule has 27 heavy (non-hydrogen) atoms. The summed E-state index contributed by atoms with van der Waals surface area (Å²) in [5.74, 6) is -0.622. The average molecular weight is 380 g/mol. The van der Waals surface area contributed by atoms with Crippen molar-refractivity contribution in [3.63, 3.8) is 0 Å². The minimum atomic E-state index is -4.53. The first-order valence-corrected chi connectivity index (χ1v) is 7.97. The number of para-hydroxylation sites is 3. The Hall–Kier alpha value is -3.23. The minimum Gasteiger partial charge on any atom is -0.485 e. The molecule has 6 nitrogen and oxygen atoms in total. The number of hydrogen-bond donors (Lipinski definition) is 2. The van der Waals surface area contributed by atoms with Crippen molar-refractivity contribution in [2.75, 3.05) is 18.5 Å². The molecule has 1 aliphatic heterocycles. The zero-order chi connectivity index (χ0) is 19.4. The number of nitrogens with one attached hydrogen (secondary N) is 2. The van der Waals surface area contributed by atoms with Crippen LogP contribution in [0, 0.1) is 0 Å². The van der Waals surface area contributed by atoms with Gasteiger partial charge in [0.2, 0.25) is 6.10 Å². The molecule has 0 unspecified atom stereocenters. The minimum absolute atomic E-state index is 0.0364. The van der Waals surface area contributed by atoms with E-state index in [1.807, 2.05) is 0 Å². The lowest BCUT2D eigenvalue weighted by Crippen LogP contribution is -2.40. The molecule has 0 bridgehead atoms. The van der Waals surface area contributed by atoms with Gasteiger partial charge in [-0.15, -0.1) is 0 Å². The van der Waals surface area contributed by atoms with E-state index in [9.17, 15) is 22.8 Å². The zero-order valence-electron chi connectivity index (χ0n) is 13.9. The van der Waals surface area contributed by atoms with Crippen LogP contribution in [0.4, 0.5) is 18.9 Å². The van der Waals surface area contributed by atoms with Crippen LogP contribution in [-0.4, -0.2) is 37.2 Å². The molecule has 1 heterocycles. The first-order chi connectivity index (χ1) is 12.8. The zero-order valence-corrected chi connectivity index (χ0v) is 13.9.